The molecule has 1 rings (SSSR count). The van der Waals surface area contributed by atoms with Crippen molar-refractivity contribution >= 4 is 8.24 Å². The maximum atomic E-state index is 2.72. The van der Waals surface area contributed by atoms with Crippen molar-refractivity contribution in [3.8, 4) is 0 Å². The Hall–Kier alpha value is 0.137. The monoisotopic (exact) mass is 186 g/mol. The lowest BCUT2D eigenvalue weighted by molar-refractivity contribution is 0.240. The van der Waals surface area contributed by atoms with E-state index in [0.29, 0.717) is 6.17 Å². The van der Waals surface area contributed by atoms with E-state index >= 15 is 0 Å². The summed E-state index contributed by atoms with van der Waals surface area (Å²) in [7, 11) is 1.12. The highest BCUT2D eigenvalue weighted by molar-refractivity contribution is 6.73. The number of rotatable bonds is 1. The molecule has 0 spiro atoms. The molecule has 1 aliphatic heterocycles. The summed E-state index contributed by atoms with van der Waals surface area (Å²) in [6.45, 7) is 13.2. The van der Waals surface area contributed by atoms with E-state index in [1.54, 1.807) is 0 Å². The first-order valence-electron chi connectivity index (χ1n) is 4.82. The second-order valence-electron chi connectivity index (χ2n) is 5.00. The lowest BCUT2D eigenvalue weighted by Gasteiger charge is -2.37. The molecule has 1 fully saturated rings. The standard InChI is InChI=1S/C9H22N2Si/c1-8-7-10(3)9(2)11(8)12(4,5)6/h8-9H,7H2,1-6H3. The minimum atomic E-state index is -1.10. The van der Waals surface area contributed by atoms with Crippen molar-refractivity contribution in [2.75, 3.05) is 13.6 Å². The quantitative estimate of drug-likeness (QED) is 0.576. The minimum absolute atomic E-state index is 0.645. The fourth-order valence-electron chi connectivity index (χ4n) is 2.46. The van der Waals surface area contributed by atoms with Crippen LogP contribution < -0.4 is 0 Å². The van der Waals surface area contributed by atoms with Gasteiger partial charge >= 0.3 is 0 Å². The summed E-state index contributed by atoms with van der Waals surface area (Å²) in [5.41, 5.74) is 0. The maximum Gasteiger partial charge on any atom is 0.121 e. The Labute approximate surface area is 77.6 Å². The van der Waals surface area contributed by atoms with Gasteiger partial charge < -0.3 is 4.57 Å². The van der Waals surface area contributed by atoms with Gasteiger partial charge in [-0.05, 0) is 20.9 Å². The van der Waals surface area contributed by atoms with E-state index in [4.69, 9.17) is 0 Å². The van der Waals surface area contributed by atoms with Crippen LogP contribution in [-0.4, -0.2) is 43.5 Å². The third-order valence-electron chi connectivity index (χ3n) is 2.84. The Balaban J connectivity index is 2.77. The molecule has 12 heavy (non-hydrogen) atoms. The molecule has 0 N–H and O–H groups in total. The van der Waals surface area contributed by atoms with Gasteiger partial charge in [-0.3, -0.25) is 4.90 Å². The molecule has 0 aromatic rings. The van der Waals surface area contributed by atoms with E-state index in [0.717, 1.165) is 6.04 Å². The van der Waals surface area contributed by atoms with Gasteiger partial charge in [0.05, 0.1) is 6.17 Å². The Morgan fingerprint density at radius 3 is 1.83 bits per heavy atom. The van der Waals surface area contributed by atoms with Crippen LogP contribution in [0.15, 0.2) is 0 Å². The Morgan fingerprint density at radius 2 is 1.67 bits per heavy atom. The van der Waals surface area contributed by atoms with Crippen molar-refractivity contribution in [2.45, 2.75) is 45.7 Å². The van der Waals surface area contributed by atoms with E-state index in [1.165, 1.54) is 6.54 Å². The fourth-order valence-corrected chi connectivity index (χ4v) is 5.18. The molecule has 2 atom stereocenters. The molecule has 0 aliphatic carbocycles. The van der Waals surface area contributed by atoms with Crippen molar-refractivity contribution in [1.82, 2.24) is 9.47 Å². The van der Waals surface area contributed by atoms with Crippen molar-refractivity contribution in [1.29, 1.82) is 0 Å². The van der Waals surface area contributed by atoms with Crippen LogP contribution in [0.4, 0.5) is 0 Å². The number of hydrogen-bond acceptors (Lipinski definition) is 2. The summed E-state index contributed by atoms with van der Waals surface area (Å²) in [5, 5.41) is 0. The largest absolute Gasteiger partial charge is 0.306 e. The highest BCUT2D eigenvalue weighted by Gasteiger charge is 2.39. The summed E-state index contributed by atoms with van der Waals surface area (Å²) >= 11 is 0. The van der Waals surface area contributed by atoms with Gasteiger partial charge in [0.25, 0.3) is 0 Å². The second-order valence-corrected chi connectivity index (χ2v) is 9.86. The van der Waals surface area contributed by atoms with Crippen LogP contribution >= 0.6 is 0 Å². The Morgan fingerprint density at radius 1 is 1.17 bits per heavy atom. The minimum Gasteiger partial charge on any atom is -0.306 e. The molecule has 0 bridgehead atoms. The van der Waals surface area contributed by atoms with Gasteiger partial charge in [-0.25, -0.2) is 0 Å². The maximum absolute atomic E-state index is 2.72. The third-order valence-corrected chi connectivity index (χ3v) is 5.21. The van der Waals surface area contributed by atoms with E-state index in [9.17, 15) is 0 Å². The lowest BCUT2D eigenvalue weighted by atomic mass is 10.4. The van der Waals surface area contributed by atoms with Gasteiger partial charge in [-0.2, -0.15) is 0 Å². The average Bonchev–Trinajstić information content (AvgIpc) is 2.05. The third kappa shape index (κ3) is 1.73. The van der Waals surface area contributed by atoms with Gasteiger partial charge in [0, 0.05) is 12.6 Å². The first-order chi connectivity index (χ1) is 5.34. The average molecular weight is 186 g/mol. The van der Waals surface area contributed by atoms with Gasteiger partial charge in [0.15, 0.2) is 0 Å². The van der Waals surface area contributed by atoms with Crippen molar-refractivity contribution in [3.05, 3.63) is 0 Å². The van der Waals surface area contributed by atoms with E-state index in [2.05, 4.69) is 50.0 Å². The molecule has 1 saturated heterocycles. The molecule has 2 nitrogen and oxygen atoms in total. The van der Waals surface area contributed by atoms with Crippen LogP contribution in [0.5, 0.6) is 0 Å². The van der Waals surface area contributed by atoms with Crippen LogP contribution in [0, 0.1) is 0 Å². The van der Waals surface area contributed by atoms with E-state index in [-0.39, 0.29) is 0 Å². The van der Waals surface area contributed by atoms with Crippen LogP contribution in [0.2, 0.25) is 19.6 Å². The van der Waals surface area contributed by atoms with E-state index in [1.807, 2.05) is 0 Å². The molecule has 1 heterocycles. The van der Waals surface area contributed by atoms with Crippen molar-refractivity contribution in [2.24, 2.45) is 0 Å². The molecule has 3 heteroatoms. The number of hydrogen-bond donors (Lipinski definition) is 0. The van der Waals surface area contributed by atoms with Crippen molar-refractivity contribution in [3.63, 3.8) is 0 Å². The number of nitrogens with zero attached hydrogens (tertiary/aromatic N) is 2. The topological polar surface area (TPSA) is 6.48 Å². The first-order valence-corrected chi connectivity index (χ1v) is 8.27. The van der Waals surface area contributed by atoms with Gasteiger partial charge in [0.2, 0.25) is 0 Å². The van der Waals surface area contributed by atoms with Crippen LogP contribution in [-0.2, 0) is 0 Å². The van der Waals surface area contributed by atoms with E-state index < -0.39 is 8.24 Å². The molecule has 1 aliphatic rings. The molecule has 0 saturated carbocycles. The second kappa shape index (κ2) is 3.12. The van der Waals surface area contributed by atoms with Crippen LogP contribution in [0.25, 0.3) is 0 Å². The molecule has 0 aromatic carbocycles. The molecule has 2 unspecified atom stereocenters. The van der Waals surface area contributed by atoms with Gasteiger partial charge in [-0.1, -0.05) is 19.6 Å². The summed E-state index contributed by atoms with van der Waals surface area (Å²) < 4.78 is 2.72. The molecule has 0 radical (unpaired) electrons. The van der Waals surface area contributed by atoms with Gasteiger partial charge in [-0.15, -0.1) is 0 Å². The predicted molar refractivity (Wildman–Crippen MR) is 56.7 cm³/mol. The zero-order chi connectivity index (χ0) is 9.52. The summed E-state index contributed by atoms with van der Waals surface area (Å²) in [6, 6.07) is 0.747. The molecular formula is C9H22N2Si. The Kier molecular flexibility index (Phi) is 2.66. The highest BCUT2D eigenvalue weighted by atomic mass is 28.3. The normalized spacial score (nSPS) is 34.5. The zero-order valence-electron chi connectivity index (χ0n) is 9.26. The molecule has 0 aromatic heterocycles. The highest BCUT2D eigenvalue weighted by Crippen LogP contribution is 2.25. The van der Waals surface area contributed by atoms with Gasteiger partial charge in [0.1, 0.15) is 8.24 Å². The smallest absolute Gasteiger partial charge is 0.121 e. The summed E-state index contributed by atoms with van der Waals surface area (Å²) in [4.78, 5) is 2.45. The Bertz CT molecular complexity index is 164. The lowest BCUT2D eigenvalue weighted by Crippen LogP contribution is -2.52. The number of likely N-dealkylation sites (N-methyl/N-ethyl adjacent to an activating group) is 1. The summed E-state index contributed by atoms with van der Waals surface area (Å²) in [6.07, 6.45) is 0.645. The predicted octanol–water partition coefficient (Wildman–Crippen LogP) is 1.80. The summed E-state index contributed by atoms with van der Waals surface area (Å²) in [5.74, 6) is 0. The molecule has 0 amide bonds. The molecular weight excluding hydrogens is 164 g/mol. The SMILES string of the molecule is CC1CN(C)C(C)N1[Si](C)(C)C. The zero-order valence-corrected chi connectivity index (χ0v) is 10.3. The van der Waals surface area contributed by atoms with Crippen molar-refractivity contribution < 1.29 is 0 Å². The fraction of sp³-hybridized carbons (Fsp3) is 1.00. The van der Waals surface area contributed by atoms with Crippen LogP contribution in [0.3, 0.4) is 0 Å². The van der Waals surface area contributed by atoms with Crippen LogP contribution in [0.1, 0.15) is 13.8 Å². The molecule has 72 valence electrons. The first kappa shape index (κ1) is 10.2.